The summed E-state index contributed by atoms with van der Waals surface area (Å²) in [6.07, 6.45) is 3.44. The van der Waals surface area contributed by atoms with Crippen LogP contribution in [0.3, 0.4) is 0 Å². The number of carbonyl (C=O) groups is 4. The Labute approximate surface area is 314 Å². The van der Waals surface area contributed by atoms with Crippen LogP contribution in [-0.2, 0) is 35.6 Å². The van der Waals surface area contributed by atoms with Crippen LogP contribution in [0.25, 0.3) is 10.9 Å². The molecule has 2 aromatic rings. The van der Waals surface area contributed by atoms with E-state index in [1.807, 2.05) is 39.0 Å². The van der Waals surface area contributed by atoms with Crippen molar-refractivity contribution in [3.8, 4) is 11.5 Å². The third-order valence-electron chi connectivity index (χ3n) is 10.4. The lowest BCUT2D eigenvalue weighted by molar-refractivity contribution is -0.140. The number of alkyl carbamates (subject to hydrolysis) is 1. The number of fused-ring (bicyclic) bond motifs is 3. The molecule has 4 aliphatic rings. The molecule has 16 heteroatoms. The fourth-order valence-electron chi connectivity index (χ4n) is 7.14. The van der Waals surface area contributed by atoms with Gasteiger partial charge in [-0.15, -0.1) is 18.3 Å². The van der Waals surface area contributed by atoms with Crippen molar-refractivity contribution in [2.24, 2.45) is 11.3 Å². The standard InChI is InChI=1S/C37H49N5O9S2/c1-7-23-18-37(23,34(45)41-53(47,48)25-11-12-25)40-32(43)28-15-24-19-42(28)33(44)21(3)38-35(46)50-20-36(4,5)13-9-10-22-14-26-27(16-29(22)49-6)39-31(52-8-2)17-30(26)51-24/h7,14,16-17,21,23-25,28H,1,8-13,15,18-20H2,2-6H3,(H,38,46)(H,40,43)(H,41,45)/t21-,23?,24+,28-,37+/m0/s1. The Morgan fingerprint density at radius 3 is 2.64 bits per heavy atom. The molecule has 14 nitrogen and oxygen atoms in total. The van der Waals surface area contributed by atoms with Gasteiger partial charge >= 0.3 is 6.09 Å². The van der Waals surface area contributed by atoms with Crippen LogP contribution in [0.5, 0.6) is 11.5 Å². The lowest BCUT2D eigenvalue weighted by atomic mass is 9.87. The summed E-state index contributed by atoms with van der Waals surface area (Å²) in [5.74, 6) is -0.532. The highest BCUT2D eigenvalue weighted by Gasteiger charge is 2.62. The van der Waals surface area contributed by atoms with E-state index < -0.39 is 68.7 Å². The minimum Gasteiger partial charge on any atom is -0.496 e. The Kier molecular flexibility index (Phi) is 10.9. The second-order valence-electron chi connectivity index (χ2n) is 15.2. The second-order valence-corrected chi connectivity index (χ2v) is 18.4. The van der Waals surface area contributed by atoms with Gasteiger partial charge in [-0.3, -0.25) is 19.1 Å². The van der Waals surface area contributed by atoms with Gasteiger partial charge in [0, 0.05) is 29.9 Å². The van der Waals surface area contributed by atoms with Crippen LogP contribution < -0.4 is 24.8 Å². The van der Waals surface area contributed by atoms with E-state index in [4.69, 9.17) is 19.2 Å². The number of amides is 4. The number of ether oxygens (including phenoxy) is 3. The monoisotopic (exact) mass is 771 g/mol. The Bertz CT molecular complexity index is 1920. The van der Waals surface area contributed by atoms with Crippen molar-refractivity contribution in [2.75, 3.05) is 26.0 Å². The molecule has 288 valence electrons. The van der Waals surface area contributed by atoms with Crippen LogP contribution >= 0.6 is 11.8 Å². The van der Waals surface area contributed by atoms with Gasteiger partial charge in [-0.25, -0.2) is 18.2 Å². The van der Waals surface area contributed by atoms with Gasteiger partial charge in [0.25, 0.3) is 5.91 Å². The van der Waals surface area contributed by atoms with E-state index in [9.17, 15) is 27.6 Å². The molecule has 2 saturated carbocycles. The zero-order valence-corrected chi connectivity index (χ0v) is 32.5. The van der Waals surface area contributed by atoms with E-state index in [1.54, 1.807) is 18.9 Å². The highest BCUT2D eigenvalue weighted by molar-refractivity contribution is 7.99. The number of nitrogens with one attached hydrogen (secondary N) is 3. The van der Waals surface area contributed by atoms with E-state index in [0.717, 1.165) is 34.6 Å². The molecule has 53 heavy (non-hydrogen) atoms. The maximum Gasteiger partial charge on any atom is 0.407 e. The average molecular weight is 772 g/mol. The third-order valence-corrected chi connectivity index (χ3v) is 13.0. The van der Waals surface area contributed by atoms with Crippen LogP contribution in [0, 0.1) is 11.3 Å². The SMILES string of the molecule is C=CC1C[C@]1(NC(=O)[C@@H]1C[C@@H]2CN1C(=O)[C@H](C)NC(=O)OCC(C)(C)CCCc1cc3c(cc(SCC)nc3cc1OC)O2)C(=O)NS(=O)(=O)C1CC1. The smallest absolute Gasteiger partial charge is 0.407 e. The Hall–Kier alpha value is -4.05. The van der Waals surface area contributed by atoms with Crippen molar-refractivity contribution >= 4 is 56.5 Å². The molecule has 3 N–H and O–H groups in total. The first-order valence-electron chi connectivity index (χ1n) is 18.1. The molecule has 1 aromatic carbocycles. The molecule has 5 atom stereocenters. The summed E-state index contributed by atoms with van der Waals surface area (Å²) >= 11 is 1.55. The minimum absolute atomic E-state index is 0.00571. The zero-order valence-electron chi connectivity index (χ0n) is 30.9. The van der Waals surface area contributed by atoms with Gasteiger partial charge in [0.1, 0.15) is 40.3 Å². The van der Waals surface area contributed by atoms with Crippen molar-refractivity contribution in [2.45, 2.75) is 107 Å². The number of aromatic nitrogens is 1. The molecule has 0 radical (unpaired) electrons. The maximum atomic E-state index is 14.2. The van der Waals surface area contributed by atoms with E-state index in [-0.39, 0.29) is 31.4 Å². The Morgan fingerprint density at radius 2 is 1.98 bits per heavy atom. The second kappa shape index (κ2) is 15.0. The first-order chi connectivity index (χ1) is 25.1. The summed E-state index contributed by atoms with van der Waals surface area (Å²) < 4.78 is 45.5. The number of thioether (sulfide) groups is 1. The van der Waals surface area contributed by atoms with Crippen molar-refractivity contribution < 1.29 is 41.8 Å². The van der Waals surface area contributed by atoms with Crippen LogP contribution in [0.1, 0.15) is 71.8 Å². The summed E-state index contributed by atoms with van der Waals surface area (Å²) in [7, 11) is -2.27. The quantitative estimate of drug-likeness (QED) is 0.249. The van der Waals surface area contributed by atoms with Crippen molar-refractivity contribution in [1.82, 2.24) is 25.2 Å². The summed E-state index contributed by atoms with van der Waals surface area (Å²) in [6.45, 7) is 11.4. The summed E-state index contributed by atoms with van der Waals surface area (Å²) in [4.78, 5) is 60.8. The molecule has 6 rings (SSSR count). The highest BCUT2D eigenvalue weighted by atomic mass is 32.2. The molecule has 4 bridgehead atoms. The molecular weight excluding hydrogens is 723 g/mol. The molecular formula is C37H49N5O9S2. The predicted octanol–water partition coefficient (Wildman–Crippen LogP) is 3.85. The van der Waals surface area contributed by atoms with E-state index >= 15 is 0 Å². The third kappa shape index (κ3) is 8.37. The van der Waals surface area contributed by atoms with Crippen molar-refractivity contribution in [1.29, 1.82) is 0 Å². The Morgan fingerprint density at radius 1 is 1.23 bits per heavy atom. The van der Waals surface area contributed by atoms with Gasteiger partial charge in [-0.1, -0.05) is 26.8 Å². The molecule has 4 amide bonds. The number of sulfonamides is 1. The lowest BCUT2D eigenvalue weighted by Gasteiger charge is -2.29. The fraction of sp³-hybridized carbons (Fsp3) is 0.595. The van der Waals surface area contributed by atoms with Crippen molar-refractivity contribution in [3.05, 3.63) is 36.4 Å². The fourth-order valence-corrected chi connectivity index (χ4v) is 9.16. The van der Waals surface area contributed by atoms with Gasteiger partial charge in [-0.2, -0.15) is 0 Å². The Balaban J connectivity index is 1.35. The first-order valence-corrected chi connectivity index (χ1v) is 20.7. The number of aryl methyl sites for hydroxylation is 1. The number of carbonyl (C=O) groups excluding carboxylic acids is 4. The van der Waals surface area contributed by atoms with Crippen LogP contribution in [-0.4, -0.2) is 97.1 Å². The molecule has 0 spiro atoms. The number of methoxy groups -OCH3 is 1. The van der Waals surface area contributed by atoms with Crippen molar-refractivity contribution in [3.63, 3.8) is 0 Å². The molecule has 1 saturated heterocycles. The number of cyclic esters (lactones) is 1. The van der Waals surface area contributed by atoms with Crippen LogP contribution in [0.4, 0.5) is 4.79 Å². The van der Waals surface area contributed by atoms with E-state index in [1.165, 1.54) is 17.9 Å². The predicted molar refractivity (Wildman–Crippen MR) is 199 cm³/mol. The van der Waals surface area contributed by atoms with Gasteiger partial charge < -0.3 is 29.7 Å². The van der Waals surface area contributed by atoms with E-state index in [2.05, 4.69) is 21.9 Å². The van der Waals surface area contributed by atoms with Crippen LogP contribution in [0.2, 0.25) is 0 Å². The molecule has 3 fully saturated rings. The summed E-state index contributed by atoms with van der Waals surface area (Å²) in [5.41, 5.74) is -0.262. The molecule has 1 aromatic heterocycles. The lowest BCUT2D eigenvalue weighted by Crippen LogP contribution is -2.58. The van der Waals surface area contributed by atoms with Gasteiger partial charge in [0.05, 0.1) is 31.0 Å². The maximum absolute atomic E-state index is 14.2. The zero-order chi connectivity index (χ0) is 38.3. The number of rotatable bonds is 9. The summed E-state index contributed by atoms with van der Waals surface area (Å²) in [6, 6.07) is 3.60. The number of hydrogen-bond donors (Lipinski definition) is 3. The normalized spacial score (nSPS) is 27.5. The highest BCUT2D eigenvalue weighted by Crippen LogP contribution is 2.46. The van der Waals surface area contributed by atoms with E-state index in [0.29, 0.717) is 36.3 Å². The number of hydrogen-bond acceptors (Lipinski definition) is 11. The van der Waals surface area contributed by atoms with Gasteiger partial charge in [0.2, 0.25) is 21.8 Å². The number of benzene rings is 1. The summed E-state index contributed by atoms with van der Waals surface area (Å²) in [5, 5.41) is 6.27. The average Bonchev–Trinajstić information content (AvgIpc) is 4.03. The number of pyridine rings is 1. The van der Waals surface area contributed by atoms with Gasteiger partial charge in [0.15, 0.2) is 0 Å². The molecule has 3 heterocycles. The molecule has 1 unspecified atom stereocenters. The van der Waals surface area contributed by atoms with Crippen LogP contribution in [0.15, 0.2) is 35.9 Å². The minimum atomic E-state index is -3.89. The number of nitrogens with zero attached hydrogens (tertiary/aromatic N) is 2. The molecule has 2 aliphatic heterocycles. The van der Waals surface area contributed by atoms with Gasteiger partial charge in [-0.05, 0) is 68.2 Å². The molecule has 2 aliphatic carbocycles. The largest absolute Gasteiger partial charge is 0.496 e. The first kappa shape index (κ1) is 38.7. The topological polar surface area (TPSA) is 182 Å².